The lowest BCUT2D eigenvalue weighted by molar-refractivity contribution is 0.129. The van der Waals surface area contributed by atoms with Crippen LogP contribution < -0.4 is 11.1 Å². The van der Waals surface area contributed by atoms with Gasteiger partial charge in [0.15, 0.2) is 11.6 Å². The average molecular weight is 415 g/mol. The van der Waals surface area contributed by atoms with Crippen LogP contribution in [0.1, 0.15) is 52.5 Å². The zero-order valence-corrected chi connectivity index (χ0v) is 17.7. The molecule has 0 saturated heterocycles. The predicted molar refractivity (Wildman–Crippen MR) is 109 cm³/mol. The lowest BCUT2D eigenvalue weighted by Crippen LogP contribution is -2.49. The molecule has 0 radical (unpaired) electrons. The summed E-state index contributed by atoms with van der Waals surface area (Å²) in [5.41, 5.74) is 6.51. The minimum atomic E-state index is -0.890. The van der Waals surface area contributed by atoms with Crippen molar-refractivity contribution >= 4 is 24.8 Å². The lowest BCUT2D eigenvalue weighted by atomic mass is 9.94. The number of aliphatic hydroxyl groups is 1. The van der Waals surface area contributed by atoms with E-state index in [0.717, 1.165) is 25.0 Å². The van der Waals surface area contributed by atoms with Gasteiger partial charge in [-0.25, -0.2) is 8.78 Å². The molecule has 1 aromatic rings. The van der Waals surface area contributed by atoms with Crippen LogP contribution in [0.3, 0.4) is 0 Å². The standard InChI is InChI=1S/C19H32F2N2O.2ClH/c1-13(2)6-5-9-19(3,4)23-12-18(24)17(22)11-14-7-8-15(20)16(21)10-14;;/h7-8,10,13,17-18,23-24H,5-6,9,11-12,22H2,1-4H3;2*1H/t17-,18+;;/m0../s1. The molecule has 3 nitrogen and oxygen atoms in total. The van der Waals surface area contributed by atoms with Crippen LogP contribution in [0.15, 0.2) is 18.2 Å². The van der Waals surface area contributed by atoms with Crippen molar-refractivity contribution in [1.82, 2.24) is 5.32 Å². The number of nitrogens with two attached hydrogens (primary N) is 1. The molecule has 4 N–H and O–H groups in total. The smallest absolute Gasteiger partial charge is 0.159 e. The first-order valence-corrected chi connectivity index (χ1v) is 8.73. The molecular weight excluding hydrogens is 381 g/mol. The number of rotatable bonds is 10. The third-order valence-corrected chi connectivity index (χ3v) is 4.32. The van der Waals surface area contributed by atoms with Crippen molar-refractivity contribution in [3.63, 3.8) is 0 Å². The zero-order valence-electron chi connectivity index (χ0n) is 16.1. The molecule has 0 aliphatic carbocycles. The molecule has 1 rings (SSSR count). The number of β-amino-alcohol motifs (C(OH)–C–C–N with tert-alkyl or cyclic N) is 1. The van der Waals surface area contributed by atoms with Crippen molar-refractivity contribution in [1.29, 1.82) is 0 Å². The van der Waals surface area contributed by atoms with Crippen molar-refractivity contribution < 1.29 is 13.9 Å². The second-order valence-electron chi connectivity index (χ2n) is 7.73. The van der Waals surface area contributed by atoms with Gasteiger partial charge in [0.2, 0.25) is 0 Å². The van der Waals surface area contributed by atoms with Crippen LogP contribution in [0.5, 0.6) is 0 Å². The molecule has 0 fully saturated rings. The molecule has 0 aliphatic heterocycles. The fourth-order valence-corrected chi connectivity index (χ4v) is 2.65. The van der Waals surface area contributed by atoms with E-state index >= 15 is 0 Å². The summed E-state index contributed by atoms with van der Waals surface area (Å²) in [5, 5.41) is 13.6. The molecule has 0 spiro atoms. The van der Waals surface area contributed by atoms with Crippen LogP contribution in [0.2, 0.25) is 0 Å². The average Bonchev–Trinajstić information content (AvgIpc) is 2.48. The van der Waals surface area contributed by atoms with Gasteiger partial charge < -0.3 is 16.2 Å². The Morgan fingerprint density at radius 2 is 1.77 bits per heavy atom. The summed E-state index contributed by atoms with van der Waals surface area (Å²) >= 11 is 0. The summed E-state index contributed by atoms with van der Waals surface area (Å²) in [4.78, 5) is 0. The van der Waals surface area contributed by atoms with Crippen molar-refractivity contribution in [2.24, 2.45) is 11.7 Å². The largest absolute Gasteiger partial charge is 0.390 e. The van der Waals surface area contributed by atoms with Crippen molar-refractivity contribution in [3.05, 3.63) is 35.4 Å². The van der Waals surface area contributed by atoms with Gasteiger partial charge in [0.05, 0.1) is 6.10 Å². The van der Waals surface area contributed by atoms with Crippen LogP contribution in [-0.4, -0.2) is 29.3 Å². The van der Waals surface area contributed by atoms with Crippen molar-refractivity contribution in [2.75, 3.05) is 6.54 Å². The summed E-state index contributed by atoms with van der Waals surface area (Å²) in [6.07, 6.45) is 2.89. The molecule has 154 valence electrons. The minimum Gasteiger partial charge on any atom is -0.390 e. The molecule has 0 amide bonds. The number of hydrogen-bond donors (Lipinski definition) is 3. The van der Waals surface area contributed by atoms with Crippen LogP contribution in [0.4, 0.5) is 8.78 Å². The quantitative estimate of drug-likeness (QED) is 0.536. The van der Waals surface area contributed by atoms with E-state index in [1.165, 1.54) is 12.5 Å². The summed E-state index contributed by atoms with van der Waals surface area (Å²) in [7, 11) is 0. The molecule has 2 atom stereocenters. The zero-order chi connectivity index (χ0) is 18.3. The third-order valence-electron chi connectivity index (χ3n) is 4.32. The van der Waals surface area contributed by atoms with Gasteiger partial charge in [0.1, 0.15) is 0 Å². The van der Waals surface area contributed by atoms with Crippen LogP contribution in [0.25, 0.3) is 0 Å². The van der Waals surface area contributed by atoms with E-state index in [-0.39, 0.29) is 30.4 Å². The normalized spacial score (nSPS) is 13.7. The Labute approximate surface area is 168 Å². The topological polar surface area (TPSA) is 58.3 Å². The highest BCUT2D eigenvalue weighted by atomic mass is 35.5. The van der Waals surface area contributed by atoms with E-state index < -0.39 is 23.8 Å². The van der Waals surface area contributed by atoms with E-state index in [1.54, 1.807) is 0 Å². The van der Waals surface area contributed by atoms with Gasteiger partial charge in [-0.1, -0.05) is 32.8 Å². The number of halogens is 4. The molecule has 1 aromatic carbocycles. The fourth-order valence-electron chi connectivity index (χ4n) is 2.65. The third kappa shape index (κ3) is 10.6. The Hall–Kier alpha value is -0.460. The van der Waals surface area contributed by atoms with Gasteiger partial charge in [0, 0.05) is 18.1 Å². The number of nitrogens with one attached hydrogen (secondary N) is 1. The highest BCUT2D eigenvalue weighted by Gasteiger charge is 2.21. The van der Waals surface area contributed by atoms with Gasteiger partial charge in [0.25, 0.3) is 0 Å². The predicted octanol–water partition coefficient (Wildman–Crippen LogP) is 4.23. The maximum absolute atomic E-state index is 13.2. The van der Waals surface area contributed by atoms with E-state index in [9.17, 15) is 13.9 Å². The Bertz CT molecular complexity index is 516. The van der Waals surface area contributed by atoms with Crippen LogP contribution in [-0.2, 0) is 6.42 Å². The van der Waals surface area contributed by atoms with Crippen molar-refractivity contribution in [2.45, 2.75) is 71.1 Å². The Morgan fingerprint density at radius 1 is 1.15 bits per heavy atom. The van der Waals surface area contributed by atoms with Crippen LogP contribution in [0, 0.1) is 17.6 Å². The Morgan fingerprint density at radius 3 is 2.31 bits per heavy atom. The maximum atomic E-state index is 13.2. The Kier molecular flexibility index (Phi) is 13.7. The molecule has 0 aromatic heterocycles. The minimum absolute atomic E-state index is 0. The van der Waals surface area contributed by atoms with Gasteiger partial charge in [-0.3, -0.25) is 0 Å². The van der Waals surface area contributed by atoms with Crippen LogP contribution >= 0.6 is 24.8 Å². The summed E-state index contributed by atoms with van der Waals surface area (Å²) in [6.45, 7) is 9.02. The first-order valence-electron chi connectivity index (χ1n) is 8.73. The second-order valence-corrected chi connectivity index (χ2v) is 7.73. The fraction of sp³-hybridized carbons (Fsp3) is 0.684. The first kappa shape index (κ1) is 27.8. The number of benzene rings is 1. The monoisotopic (exact) mass is 414 g/mol. The molecular formula is C19H34Cl2F2N2O. The molecule has 0 saturated carbocycles. The highest BCUT2D eigenvalue weighted by Crippen LogP contribution is 2.16. The van der Waals surface area contributed by atoms with Gasteiger partial charge in [-0.15, -0.1) is 24.8 Å². The molecule has 0 heterocycles. The summed E-state index contributed by atoms with van der Waals surface area (Å²) < 4.78 is 26.2. The number of aliphatic hydroxyl groups excluding tert-OH is 1. The van der Waals surface area contributed by atoms with E-state index in [2.05, 4.69) is 33.0 Å². The molecule has 0 unspecified atom stereocenters. The van der Waals surface area contributed by atoms with E-state index in [4.69, 9.17) is 5.73 Å². The number of hydrogen-bond acceptors (Lipinski definition) is 3. The summed E-state index contributed by atoms with van der Waals surface area (Å²) in [6, 6.07) is 3.17. The lowest BCUT2D eigenvalue weighted by Gasteiger charge is -2.29. The Balaban J connectivity index is 0. The molecule has 0 bridgehead atoms. The van der Waals surface area contributed by atoms with Gasteiger partial charge in [-0.2, -0.15) is 0 Å². The van der Waals surface area contributed by atoms with Gasteiger partial charge in [-0.05, 0) is 50.3 Å². The van der Waals surface area contributed by atoms with E-state index in [1.807, 2.05) is 0 Å². The van der Waals surface area contributed by atoms with Gasteiger partial charge >= 0.3 is 0 Å². The first-order chi connectivity index (χ1) is 11.1. The SMILES string of the molecule is CC(C)CCCC(C)(C)NC[C@@H](O)[C@@H](N)Cc1ccc(F)c(F)c1.Cl.Cl. The van der Waals surface area contributed by atoms with Crippen molar-refractivity contribution in [3.8, 4) is 0 Å². The molecule has 26 heavy (non-hydrogen) atoms. The van der Waals surface area contributed by atoms with E-state index in [0.29, 0.717) is 24.4 Å². The molecule has 7 heteroatoms. The second kappa shape index (κ2) is 12.8. The highest BCUT2D eigenvalue weighted by molar-refractivity contribution is 5.85. The molecule has 0 aliphatic rings. The maximum Gasteiger partial charge on any atom is 0.159 e. The summed E-state index contributed by atoms with van der Waals surface area (Å²) in [5.74, 6) is -1.08.